The molecule has 0 saturated heterocycles. The van der Waals surface area contributed by atoms with Crippen LogP contribution in [-0.4, -0.2) is 32.9 Å². The molecule has 0 atom stereocenters. The summed E-state index contributed by atoms with van der Waals surface area (Å²) in [5.41, 5.74) is 0.568. The highest BCUT2D eigenvalue weighted by atomic mass is 32.2. The fourth-order valence-corrected chi connectivity index (χ4v) is 4.51. The van der Waals surface area contributed by atoms with E-state index in [0.29, 0.717) is 5.56 Å². The van der Waals surface area contributed by atoms with Crippen molar-refractivity contribution in [3.8, 4) is 5.75 Å². The zero-order valence-electron chi connectivity index (χ0n) is 15.3. The van der Waals surface area contributed by atoms with Crippen LogP contribution >= 0.6 is 0 Å². The van der Waals surface area contributed by atoms with Crippen molar-refractivity contribution in [2.24, 2.45) is 0 Å². The molecule has 0 radical (unpaired) electrons. The molecule has 0 saturated carbocycles. The highest BCUT2D eigenvalue weighted by molar-refractivity contribution is 7.89. The Morgan fingerprint density at radius 2 is 1.67 bits per heavy atom. The van der Waals surface area contributed by atoms with Crippen LogP contribution in [0, 0.1) is 5.82 Å². The van der Waals surface area contributed by atoms with Crippen molar-refractivity contribution < 1.29 is 25.4 Å². The first kappa shape index (κ1) is 21.3. The van der Waals surface area contributed by atoms with Crippen LogP contribution in [-0.2, 0) is 26.7 Å². The van der Waals surface area contributed by atoms with Crippen LogP contribution in [0.4, 0.5) is 4.39 Å². The van der Waals surface area contributed by atoms with E-state index in [1.165, 1.54) is 35.5 Å². The molecule has 0 fully saturated rings. The minimum absolute atomic E-state index is 0.0146. The summed E-state index contributed by atoms with van der Waals surface area (Å²) in [6.07, 6.45) is 0. The molecular weight excluding hydrogens is 393 g/mol. The molecule has 2 aromatic carbocycles. The second-order valence-corrected chi connectivity index (χ2v) is 9.92. The van der Waals surface area contributed by atoms with Crippen molar-refractivity contribution in [1.29, 1.82) is 0 Å². The van der Waals surface area contributed by atoms with Gasteiger partial charge < -0.3 is 4.18 Å². The molecule has 0 N–H and O–H groups in total. The Morgan fingerprint density at radius 1 is 1.04 bits per heavy atom. The molecule has 0 bridgehead atoms. The SMILES string of the molecule is CCS(=O)(=O)Oc1cccc(CN(C(C)C)S(=O)(=O)c2ccc(F)cc2)c1. The Hall–Kier alpha value is -1.97. The van der Waals surface area contributed by atoms with Crippen LogP contribution in [0.5, 0.6) is 5.75 Å². The van der Waals surface area contributed by atoms with Crippen molar-refractivity contribution in [2.45, 2.75) is 38.3 Å². The third-order valence-corrected chi connectivity index (χ3v) is 7.00. The molecule has 6 nitrogen and oxygen atoms in total. The fraction of sp³-hybridized carbons (Fsp3) is 0.333. The Morgan fingerprint density at radius 3 is 2.22 bits per heavy atom. The summed E-state index contributed by atoms with van der Waals surface area (Å²) in [6.45, 7) is 4.93. The molecular formula is C18H22FNO5S2. The first-order valence-corrected chi connectivity index (χ1v) is 11.4. The van der Waals surface area contributed by atoms with E-state index in [2.05, 4.69) is 0 Å². The monoisotopic (exact) mass is 415 g/mol. The van der Waals surface area contributed by atoms with Gasteiger partial charge in [-0.25, -0.2) is 12.8 Å². The number of benzene rings is 2. The third kappa shape index (κ3) is 5.50. The summed E-state index contributed by atoms with van der Waals surface area (Å²) < 4.78 is 68.5. The molecule has 9 heteroatoms. The number of halogens is 1. The van der Waals surface area contributed by atoms with Crippen LogP contribution in [0.15, 0.2) is 53.4 Å². The number of sulfonamides is 1. The average Bonchev–Trinajstić information content (AvgIpc) is 2.59. The predicted octanol–water partition coefficient (Wildman–Crippen LogP) is 3.15. The number of hydrogen-bond acceptors (Lipinski definition) is 5. The van der Waals surface area contributed by atoms with E-state index in [4.69, 9.17) is 4.18 Å². The van der Waals surface area contributed by atoms with Crippen LogP contribution in [0.25, 0.3) is 0 Å². The van der Waals surface area contributed by atoms with Gasteiger partial charge in [0.1, 0.15) is 11.6 Å². The molecule has 148 valence electrons. The summed E-state index contributed by atoms with van der Waals surface area (Å²) in [6, 6.07) is 10.5. The van der Waals surface area contributed by atoms with Crippen LogP contribution < -0.4 is 4.18 Å². The average molecular weight is 416 g/mol. The lowest BCUT2D eigenvalue weighted by atomic mass is 10.2. The quantitative estimate of drug-likeness (QED) is 0.619. The minimum atomic E-state index is -3.86. The summed E-state index contributed by atoms with van der Waals surface area (Å²) >= 11 is 0. The smallest absolute Gasteiger partial charge is 0.308 e. The second kappa shape index (κ2) is 8.37. The van der Waals surface area contributed by atoms with Gasteiger partial charge in [-0.3, -0.25) is 0 Å². The summed E-state index contributed by atoms with van der Waals surface area (Å²) in [7, 11) is -7.54. The topological polar surface area (TPSA) is 80.8 Å². The minimum Gasteiger partial charge on any atom is -0.382 e. The van der Waals surface area contributed by atoms with E-state index in [0.717, 1.165) is 12.1 Å². The lowest BCUT2D eigenvalue weighted by Crippen LogP contribution is -2.36. The number of nitrogens with zero attached hydrogens (tertiary/aromatic N) is 1. The molecule has 27 heavy (non-hydrogen) atoms. The van der Waals surface area contributed by atoms with Crippen molar-refractivity contribution in [3.63, 3.8) is 0 Å². The molecule has 0 heterocycles. The van der Waals surface area contributed by atoms with Gasteiger partial charge in [0, 0.05) is 12.6 Å². The summed E-state index contributed by atoms with van der Waals surface area (Å²) in [5, 5.41) is 0. The van der Waals surface area contributed by atoms with Crippen molar-refractivity contribution in [1.82, 2.24) is 4.31 Å². The highest BCUT2D eigenvalue weighted by Gasteiger charge is 2.27. The Labute approximate surface area is 159 Å². The normalized spacial score (nSPS) is 12.5. The van der Waals surface area contributed by atoms with Crippen LogP contribution in [0.2, 0.25) is 0 Å². The van der Waals surface area contributed by atoms with Crippen molar-refractivity contribution in [3.05, 3.63) is 59.9 Å². The van der Waals surface area contributed by atoms with Gasteiger partial charge in [0.25, 0.3) is 0 Å². The molecule has 0 aliphatic heterocycles. The molecule has 0 unspecified atom stereocenters. The Balaban J connectivity index is 2.33. The van der Waals surface area contributed by atoms with E-state index in [1.54, 1.807) is 26.0 Å². The second-order valence-electron chi connectivity index (χ2n) is 6.18. The molecule has 0 amide bonds. The number of rotatable bonds is 8. The first-order valence-electron chi connectivity index (χ1n) is 8.33. The molecule has 2 rings (SSSR count). The first-order chi connectivity index (χ1) is 12.5. The maximum absolute atomic E-state index is 13.1. The lowest BCUT2D eigenvalue weighted by molar-refractivity contribution is 0.347. The molecule has 0 aliphatic rings. The molecule has 0 aliphatic carbocycles. The van der Waals surface area contributed by atoms with Gasteiger partial charge in [-0.2, -0.15) is 12.7 Å². The predicted molar refractivity (Wildman–Crippen MR) is 101 cm³/mol. The van der Waals surface area contributed by atoms with Crippen LogP contribution in [0.1, 0.15) is 26.3 Å². The standard InChI is InChI=1S/C18H22FNO5S2/c1-4-26(21,22)25-17-7-5-6-15(12-17)13-20(14(2)3)27(23,24)18-10-8-16(19)9-11-18/h5-12,14H,4,13H2,1-3H3. The maximum Gasteiger partial charge on any atom is 0.308 e. The summed E-state index contributed by atoms with van der Waals surface area (Å²) in [4.78, 5) is -0.0152. The van der Waals surface area contributed by atoms with Gasteiger partial charge in [0.05, 0.1) is 10.6 Å². The van der Waals surface area contributed by atoms with Gasteiger partial charge in [-0.05, 0) is 62.7 Å². The molecule has 2 aromatic rings. The maximum atomic E-state index is 13.1. The molecule has 0 spiro atoms. The van der Waals surface area contributed by atoms with Gasteiger partial charge in [0.2, 0.25) is 10.0 Å². The Bertz CT molecular complexity index is 987. The van der Waals surface area contributed by atoms with Gasteiger partial charge in [-0.15, -0.1) is 0 Å². The largest absolute Gasteiger partial charge is 0.382 e. The fourth-order valence-electron chi connectivity index (χ4n) is 2.37. The van der Waals surface area contributed by atoms with Gasteiger partial charge in [0.15, 0.2) is 0 Å². The van der Waals surface area contributed by atoms with E-state index in [1.807, 2.05) is 0 Å². The van der Waals surface area contributed by atoms with E-state index >= 15 is 0 Å². The van der Waals surface area contributed by atoms with E-state index in [-0.39, 0.29) is 29.0 Å². The Kier molecular flexibility index (Phi) is 6.61. The lowest BCUT2D eigenvalue weighted by Gasteiger charge is -2.26. The van der Waals surface area contributed by atoms with E-state index < -0.39 is 26.0 Å². The van der Waals surface area contributed by atoms with E-state index in [9.17, 15) is 21.2 Å². The zero-order chi connectivity index (χ0) is 20.2. The van der Waals surface area contributed by atoms with Crippen molar-refractivity contribution in [2.75, 3.05) is 5.75 Å². The molecule has 0 aromatic heterocycles. The van der Waals surface area contributed by atoms with Crippen LogP contribution in [0.3, 0.4) is 0 Å². The third-order valence-electron chi connectivity index (χ3n) is 3.81. The number of hydrogen-bond donors (Lipinski definition) is 0. The van der Waals surface area contributed by atoms with Gasteiger partial charge >= 0.3 is 10.1 Å². The zero-order valence-corrected chi connectivity index (χ0v) is 16.9. The van der Waals surface area contributed by atoms with Gasteiger partial charge in [-0.1, -0.05) is 12.1 Å². The summed E-state index contributed by atoms with van der Waals surface area (Å²) in [5.74, 6) is -0.571. The highest BCUT2D eigenvalue weighted by Crippen LogP contribution is 2.23. The van der Waals surface area contributed by atoms with Crippen molar-refractivity contribution >= 4 is 20.1 Å².